The first-order chi connectivity index (χ1) is 7.43. The summed E-state index contributed by atoms with van der Waals surface area (Å²) in [4.78, 5) is 2.45. The minimum Gasteiger partial charge on any atom is -0.297 e. The van der Waals surface area contributed by atoms with Crippen LogP contribution in [0.2, 0.25) is 0 Å². The van der Waals surface area contributed by atoms with Crippen molar-refractivity contribution in [2.75, 3.05) is 13.6 Å². The zero-order valence-corrected chi connectivity index (χ0v) is 11.2. The van der Waals surface area contributed by atoms with Crippen molar-refractivity contribution in [1.82, 2.24) is 4.90 Å². The molecule has 16 heavy (non-hydrogen) atoms. The summed E-state index contributed by atoms with van der Waals surface area (Å²) < 4.78 is 0. The van der Waals surface area contributed by atoms with Crippen molar-refractivity contribution >= 4 is 0 Å². The SMILES string of the molecule is CC(C)c1ccc2c(c1)CCN(C)C2(C)C. The second-order valence-electron chi connectivity index (χ2n) is 5.80. The molecular weight excluding hydrogens is 194 g/mol. The fourth-order valence-electron chi connectivity index (χ4n) is 2.55. The monoisotopic (exact) mass is 217 g/mol. The standard InChI is InChI=1S/C15H23N/c1-11(2)12-6-7-14-13(10-12)8-9-16(5)15(14,3)4/h6-7,10-11H,8-9H2,1-5H3. The lowest BCUT2D eigenvalue weighted by molar-refractivity contribution is 0.143. The highest BCUT2D eigenvalue weighted by Gasteiger charge is 2.31. The molecule has 1 heteroatoms. The number of fused-ring (bicyclic) bond motifs is 1. The first-order valence-corrected chi connectivity index (χ1v) is 6.27. The van der Waals surface area contributed by atoms with Gasteiger partial charge in [-0.3, -0.25) is 4.90 Å². The quantitative estimate of drug-likeness (QED) is 0.695. The molecule has 1 aromatic rings. The maximum absolute atomic E-state index is 2.45. The highest BCUT2D eigenvalue weighted by atomic mass is 15.2. The van der Waals surface area contributed by atoms with Gasteiger partial charge in [-0.2, -0.15) is 0 Å². The second-order valence-corrected chi connectivity index (χ2v) is 5.80. The smallest absolute Gasteiger partial charge is 0.0404 e. The van der Waals surface area contributed by atoms with Crippen molar-refractivity contribution in [3.05, 3.63) is 34.9 Å². The molecule has 0 amide bonds. The Labute approximate surface area is 99.5 Å². The van der Waals surface area contributed by atoms with Crippen LogP contribution in [-0.2, 0) is 12.0 Å². The number of nitrogens with zero attached hydrogens (tertiary/aromatic N) is 1. The molecule has 1 nitrogen and oxygen atoms in total. The van der Waals surface area contributed by atoms with E-state index in [9.17, 15) is 0 Å². The van der Waals surface area contributed by atoms with Crippen molar-refractivity contribution in [3.8, 4) is 0 Å². The average molecular weight is 217 g/mol. The van der Waals surface area contributed by atoms with Crippen LogP contribution >= 0.6 is 0 Å². The third-order valence-electron chi connectivity index (χ3n) is 4.13. The molecule has 0 saturated carbocycles. The van der Waals surface area contributed by atoms with Crippen LogP contribution in [0.25, 0.3) is 0 Å². The third-order valence-corrected chi connectivity index (χ3v) is 4.13. The molecule has 0 saturated heterocycles. The number of hydrogen-bond donors (Lipinski definition) is 0. The number of benzene rings is 1. The van der Waals surface area contributed by atoms with Crippen molar-refractivity contribution in [1.29, 1.82) is 0 Å². The summed E-state index contributed by atoms with van der Waals surface area (Å²) in [5, 5.41) is 0. The highest BCUT2D eigenvalue weighted by molar-refractivity contribution is 5.39. The Morgan fingerprint density at radius 1 is 1.25 bits per heavy atom. The van der Waals surface area contributed by atoms with E-state index in [2.05, 4.69) is 57.8 Å². The van der Waals surface area contributed by atoms with Crippen LogP contribution in [0, 0.1) is 0 Å². The lowest BCUT2D eigenvalue weighted by Crippen LogP contribution is -2.44. The fraction of sp³-hybridized carbons (Fsp3) is 0.600. The van der Waals surface area contributed by atoms with Crippen molar-refractivity contribution in [2.45, 2.75) is 45.6 Å². The van der Waals surface area contributed by atoms with E-state index < -0.39 is 0 Å². The zero-order chi connectivity index (χ0) is 11.9. The molecule has 0 aliphatic carbocycles. The molecule has 2 rings (SSSR count). The first-order valence-electron chi connectivity index (χ1n) is 6.27. The Hall–Kier alpha value is -0.820. The topological polar surface area (TPSA) is 3.24 Å². The molecule has 0 spiro atoms. The summed E-state index contributed by atoms with van der Waals surface area (Å²) >= 11 is 0. The van der Waals surface area contributed by atoms with E-state index >= 15 is 0 Å². The van der Waals surface area contributed by atoms with Gasteiger partial charge in [-0.25, -0.2) is 0 Å². The molecule has 0 fully saturated rings. The molecule has 1 aliphatic rings. The van der Waals surface area contributed by atoms with Gasteiger partial charge in [-0.15, -0.1) is 0 Å². The summed E-state index contributed by atoms with van der Waals surface area (Å²) in [7, 11) is 2.22. The normalized spacial score (nSPS) is 19.9. The molecule has 1 aliphatic heterocycles. The molecule has 88 valence electrons. The molecule has 0 radical (unpaired) electrons. The number of rotatable bonds is 1. The van der Waals surface area contributed by atoms with Gasteiger partial charge in [-0.1, -0.05) is 32.0 Å². The first kappa shape index (κ1) is 11.7. The van der Waals surface area contributed by atoms with Gasteiger partial charge >= 0.3 is 0 Å². The Kier molecular flexibility index (Phi) is 2.83. The van der Waals surface area contributed by atoms with E-state index in [1.54, 1.807) is 5.56 Å². The van der Waals surface area contributed by atoms with E-state index in [0.717, 1.165) is 0 Å². The number of likely N-dealkylation sites (N-methyl/N-ethyl adjacent to an activating group) is 1. The van der Waals surface area contributed by atoms with E-state index in [1.165, 1.54) is 24.1 Å². The predicted molar refractivity (Wildman–Crippen MR) is 69.9 cm³/mol. The third kappa shape index (κ3) is 1.78. The van der Waals surface area contributed by atoms with Crippen LogP contribution in [0.4, 0.5) is 0 Å². The Bertz CT molecular complexity index is 390. The van der Waals surface area contributed by atoms with E-state index in [0.29, 0.717) is 5.92 Å². The molecule has 0 bridgehead atoms. The van der Waals surface area contributed by atoms with Gasteiger partial charge in [0, 0.05) is 12.1 Å². The Balaban J connectivity index is 2.47. The Morgan fingerprint density at radius 2 is 1.94 bits per heavy atom. The van der Waals surface area contributed by atoms with Crippen molar-refractivity contribution in [2.24, 2.45) is 0 Å². The molecule has 0 atom stereocenters. The van der Waals surface area contributed by atoms with Crippen LogP contribution in [0.5, 0.6) is 0 Å². The summed E-state index contributed by atoms with van der Waals surface area (Å²) in [5.41, 5.74) is 4.71. The number of hydrogen-bond acceptors (Lipinski definition) is 1. The van der Waals surface area contributed by atoms with Crippen molar-refractivity contribution in [3.63, 3.8) is 0 Å². The van der Waals surface area contributed by atoms with Crippen molar-refractivity contribution < 1.29 is 0 Å². The summed E-state index contributed by atoms with van der Waals surface area (Å²) in [6, 6.07) is 7.04. The molecule has 1 heterocycles. The van der Waals surface area contributed by atoms with E-state index in [4.69, 9.17) is 0 Å². The largest absolute Gasteiger partial charge is 0.297 e. The Morgan fingerprint density at radius 3 is 2.56 bits per heavy atom. The minimum atomic E-state index is 0.184. The molecule has 0 N–H and O–H groups in total. The van der Waals surface area contributed by atoms with Crippen LogP contribution < -0.4 is 0 Å². The van der Waals surface area contributed by atoms with Gasteiger partial charge in [0.15, 0.2) is 0 Å². The van der Waals surface area contributed by atoms with Gasteiger partial charge in [0.1, 0.15) is 0 Å². The fourth-order valence-corrected chi connectivity index (χ4v) is 2.55. The van der Waals surface area contributed by atoms with Crippen LogP contribution in [0.3, 0.4) is 0 Å². The second kappa shape index (κ2) is 3.89. The molecular formula is C15H23N. The van der Waals surface area contributed by atoms with Crippen LogP contribution in [-0.4, -0.2) is 18.5 Å². The highest BCUT2D eigenvalue weighted by Crippen LogP contribution is 2.35. The van der Waals surface area contributed by atoms with Crippen LogP contribution in [0.15, 0.2) is 18.2 Å². The molecule has 0 aromatic heterocycles. The lowest BCUT2D eigenvalue weighted by Gasteiger charge is -2.42. The predicted octanol–water partition coefficient (Wildman–Crippen LogP) is 3.53. The van der Waals surface area contributed by atoms with Gasteiger partial charge in [0.25, 0.3) is 0 Å². The van der Waals surface area contributed by atoms with E-state index in [-0.39, 0.29) is 5.54 Å². The van der Waals surface area contributed by atoms with E-state index in [1.807, 2.05) is 0 Å². The lowest BCUT2D eigenvalue weighted by atomic mass is 9.82. The minimum absolute atomic E-state index is 0.184. The van der Waals surface area contributed by atoms with Gasteiger partial charge in [0.2, 0.25) is 0 Å². The van der Waals surface area contributed by atoms with Gasteiger partial charge < -0.3 is 0 Å². The summed E-state index contributed by atoms with van der Waals surface area (Å²) in [5.74, 6) is 0.632. The molecule has 0 unspecified atom stereocenters. The average Bonchev–Trinajstić information content (AvgIpc) is 2.23. The van der Waals surface area contributed by atoms with Gasteiger partial charge in [-0.05, 0) is 49.9 Å². The maximum atomic E-state index is 2.45. The maximum Gasteiger partial charge on any atom is 0.0404 e. The summed E-state index contributed by atoms with van der Waals surface area (Å²) in [6.45, 7) is 10.3. The van der Waals surface area contributed by atoms with Gasteiger partial charge in [0.05, 0.1) is 0 Å². The molecule has 1 aromatic carbocycles. The van der Waals surface area contributed by atoms with Crippen LogP contribution in [0.1, 0.15) is 50.3 Å². The zero-order valence-electron chi connectivity index (χ0n) is 11.2. The summed E-state index contributed by atoms with van der Waals surface area (Å²) in [6.07, 6.45) is 1.19.